The second-order valence-electron chi connectivity index (χ2n) is 3.24. The van der Waals surface area contributed by atoms with Gasteiger partial charge >= 0.3 is 0 Å². The second kappa shape index (κ2) is 5.48. The fourth-order valence-electron chi connectivity index (χ4n) is 1.17. The van der Waals surface area contributed by atoms with E-state index >= 15 is 0 Å². The van der Waals surface area contributed by atoms with E-state index in [1.807, 2.05) is 6.92 Å². The first-order chi connectivity index (χ1) is 7.05. The fraction of sp³-hybridized carbons (Fsp3) is 0.625. The summed E-state index contributed by atoms with van der Waals surface area (Å²) in [4.78, 5) is 0. The normalized spacial score (nSPS) is 11.9. The summed E-state index contributed by atoms with van der Waals surface area (Å²) < 4.78 is 24.3. The Morgan fingerprint density at radius 1 is 1.60 bits per heavy atom. The van der Waals surface area contributed by atoms with E-state index in [2.05, 4.69) is 14.9 Å². The van der Waals surface area contributed by atoms with Crippen molar-refractivity contribution in [2.45, 2.75) is 19.8 Å². The Hall–Kier alpha value is -0.590. The Labute approximate surface area is 94.3 Å². The van der Waals surface area contributed by atoms with Gasteiger partial charge in [-0.1, -0.05) is 0 Å². The first-order valence-electron chi connectivity index (χ1n) is 4.57. The third kappa shape index (κ3) is 4.19. The minimum atomic E-state index is -3.28. The lowest BCUT2D eigenvalue weighted by molar-refractivity contribution is 0.583. The van der Waals surface area contributed by atoms with E-state index < -0.39 is 15.2 Å². The van der Waals surface area contributed by atoms with Gasteiger partial charge in [-0.15, -0.1) is 11.6 Å². The predicted molar refractivity (Wildman–Crippen MR) is 59.3 cm³/mol. The molecule has 0 aliphatic heterocycles. The number of nitrogens with zero attached hydrogens (tertiary/aromatic N) is 1. The zero-order valence-electron chi connectivity index (χ0n) is 8.46. The molecule has 1 aromatic rings. The Kier molecular flexibility index (Phi) is 4.56. The van der Waals surface area contributed by atoms with Crippen LogP contribution in [0.1, 0.15) is 17.7 Å². The summed E-state index contributed by atoms with van der Waals surface area (Å²) in [7, 11) is -3.28. The number of nitrogens with one attached hydrogen (secondary N) is 2. The molecule has 5 nitrogen and oxygen atoms in total. The maximum atomic E-state index is 11.0. The first-order valence-corrected chi connectivity index (χ1v) is 6.76. The minimum Gasteiger partial charge on any atom is -0.283 e. The number of halogens is 1. The summed E-state index contributed by atoms with van der Waals surface area (Å²) in [5, 5.41) is 6.32. The zero-order chi connectivity index (χ0) is 11.3. The number of rotatable bonds is 6. The van der Waals surface area contributed by atoms with Crippen molar-refractivity contribution in [3.63, 3.8) is 0 Å². The van der Waals surface area contributed by atoms with Crippen LogP contribution >= 0.6 is 11.6 Å². The monoisotopic (exact) mass is 251 g/mol. The molecule has 0 fully saturated rings. The van der Waals surface area contributed by atoms with Crippen molar-refractivity contribution in [1.29, 1.82) is 0 Å². The summed E-state index contributed by atoms with van der Waals surface area (Å²) >= 11 is 5.23. The van der Waals surface area contributed by atoms with Gasteiger partial charge in [-0.25, -0.2) is 13.1 Å². The molecule has 0 saturated heterocycles. The highest BCUT2D eigenvalue weighted by atomic mass is 35.5. The lowest BCUT2D eigenvalue weighted by Crippen LogP contribution is -2.25. The van der Waals surface area contributed by atoms with Crippen molar-refractivity contribution in [3.8, 4) is 0 Å². The molecule has 15 heavy (non-hydrogen) atoms. The van der Waals surface area contributed by atoms with Crippen LogP contribution in [0.15, 0.2) is 6.20 Å². The Balaban J connectivity index is 2.26. The number of sulfonamides is 1. The van der Waals surface area contributed by atoms with E-state index in [-0.39, 0.29) is 0 Å². The topological polar surface area (TPSA) is 74.8 Å². The molecule has 7 heteroatoms. The predicted octanol–water partition coefficient (Wildman–Crippen LogP) is 0.766. The molecule has 0 aliphatic carbocycles. The van der Waals surface area contributed by atoms with Crippen molar-refractivity contribution in [3.05, 3.63) is 17.5 Å². The lowest BCUT2D eigenvalue weighted by Gasteiger charge is -2.02. The highest BCUT2D eigenvalue weighted by Gasteiger charge is 2.06. The minimum absolute atomic E-state index is 0.391. The number of hydrogen-bond acceptors (Lipinski definition) is 3. The molecule has 0 spiro atoms. The third-order valence-corrected chi connectivity index (χ3v) is 3.82. The molecule has 0 unspecified atom stereocenters. The van der Waals surface area contributed by atoms with Gasteiger partial charge in [-0.05, 0) is 25.3 Å². The third-order valence-electron chi connectivity index (χ3n) is 2.02. The van der Waals surface area contributed by atoms with E-state index in [1.54, 1.807) is 6.20 Å². The Morgan fingerprint density at radius 3 is 2.87 bits per heavy atom. The van der Waals surface area contributed by atoms with E-state index in [0.717, 1.165) is 24.1 Å². The van der Waals surface area contributed by atoms with Crippen LogP contribution in [-0.4, -0.2) is 30.4 Å². The van der Waals surface area contributed by atoms with Gasteiger partial charge in [-0.3, -0.25) is 5.10 Å². The number of H-pyrrole nitrogens is 1. The smallest absolute Gasteiger partial charge is 0.225 e. The second-order valence-corrected chi connectivity index (χ2v) is 5.63. The molecule has 0 aliphatic rings. The summed E-state index contributed by atoms with van der Waals surface area (Å²) in [6.45, 7) is 2.34. The van der Waals surface area contributed by atoms with Gasteiger partial charge in [0, 0.05) is 12.2 Å². The average molecular weight is 252 g/mol. The maximum absolute atomic E-state index is 11.0. The number of aromatic amines is 1. The van der Waals surface area contributed by atoms with E-state index in [4.69, 9.17) is 11.6 Å². The zero-order valence-corrected chi connectivity index (χ0v) is 10.0. The van der Waals surface area contributed by atoms with Crippen LogP contribution in [0.4, 0.5) is 0 Å². The summed E-state index contributed by atoms with van der Waals surface area (Å²) in [5.74, 6) is 0. The van der Waals surface area contributed by atoms with Crippen molar-refractivity contribution in [2.24, 2.45) is 0 Å². The van der Waals surface area contributed by atoms with E-state index in [1.165, 1.54) is 0 Å². The highest BCUT2D eigenvalue weighted by molar-refractivity contribution is 7.90. The summed E-state index contributed by atoms with van der Waals surface area (Å²) in [5.41, 5.74) is 2.13. The quantitative estimate of drug-likeness (QED) is 0.579. The number of alkyl halides is 1. The molecule has 0 saturated carbocycles. The van der Waals surface area contributed by atoms with Gasteiger partial charge in [0.05, 0.1) is 6.20 Å². The summed E-state index contributed by atoms with van der Waals surface area (Å²) in [6.07, 6.45) is 3.29. The molecule has 2 N–H and O–H groups in total. The van der Waals surface area contributed by atoms with Gasteiger partial charge in [-0.2, -0.15) is 5.10 Å². The van der Waals surface area contributed by atoms with Crippen molar-refractivity contribution >= 4 is 21.6 Å². The van der Waals surface area contributed by atoms with Crippen molar-refractivity contribution < 1.29 is 8.42 Å². The first kappa shape index (κ1) is 12.5. The number of aromatic nitrogens is 2. The van der Waals surface area contributed by atoms with E-state index in [9.17, 15) is 8.42 Å². The maximum Gasteiger partial charge on any atom is 0.225 e. The molecule has 0 aromatic carbocycles. The molecular formula is C8H14ClN3O2S. The van der Waals surface area contributed by atoms with Crippen LogP contribution in [0.3, 0.4) is 0 Å². The molecular weight excluding hydrogens is 238 g/mol. The molecule has 0 amide bonds. The fourth-order valence-corrected chi connectivity index (χ4v) is 1.94. The molecule has 0 bridgehead atoms. The molecule has 0 atom stereocenters. The van der Waals surface area contributed by atoms with Gasteiger partial charge in [0.25, 0.3) is 0 Å². The van der Waals surface area contributed by atoms with Gasteiger partial charge < -0.3 is 0 Å². The molecule has 1 rings (SSSR count). The van der Waals surface area contributed by atoms with Crippen LogP contribution < -0.4 is 4.72 Å². The van der Waals surface area contributed by atoms with E-state index in [0.29, 0.717) is 6.54 Å². The van der Waals surface area contributed by atoms with Crippen molar-refractivity contribution in [2.75, 3.05) is 11.8 Å². The molecule has 0 radical (unpaired) electrons. The molecule has 86 valence electrons. The van der Waals surface area contributed by atoms with Gasteiger partial charge in [0.2, 0.25) is 10.0 Å². The molecule has 1 aromatic heterocycles. The summed E-state index contributed by atoms with van der Waals surface area (Å²) in [6, 6.07) is 0. The van der Waals surface area contributed by atoms with Crippen LogP contribution in [-0.2, 0) is 16.4 Å². The van der Waals surface area contributed by atoms with Gasteiger partial charge in [0.1, 0.15) is 5.21 Å². The number of hydrogen-bond donors (Lipinski definition) is 2. The van der Waals surface area contributed by atoms with Crippen LogP contribution in [0.5, 0.6) is 0 Å². The standard InChI is InChI=1S/C8H14ClN3O2S/c1-7-8(5-10-12-7)3-2-4-11-15(13,14)6-9/h5,11H,2-4,6H2,1H3,(H,10,12). The lowest BCUT2D eigenvalue weighted by atomic mass is 10.1. The average Bonchev–Trinajstić information content (AvgIpc) is 2.59. The van der Waals surface area contributed by atoms with Crippen LogP contribution in [0, 0.1) is 6.92 Å². The van der Waals surface area contributed by atoms with Crippen LogP contribution in [0.2, 0.25) is 0 Å². The number of aryl methyl sites for hydroxylation is 2. The van der Waals surface area contributed by atoms with Crippen molar-refractivity contribution in [1.82, 2.24) is 14.9 Å². The largest absolute Gasteiger partial charge is 0.283 e. The molecule has 1 heterocycles. The Bertz CT molecular complexity index is 402. The van der Waals surface area contributed by atoms with Gasteiger partial charge in [0.15, 0.2) is 0 Å². The SMILES string of the molecule is Cc1[nH]ncc1CCCNS(=O)(=O)CCl. The highest BCUT2D eigenvalue weighted by Crippen LogP contribution is 2.05. The van der Waals surface area contributed by atoms with Crippen LogP contribution in [0.25, 0.3) is 0 Å². The Morgan fingerprint density at radius 2 is 2.33 bits per heavy atom.